The molecule has 0 bridgehead atoms. The third-order valence-electron chi connectivity index (χ3n) is 5.20. The molecule has 2 heterocycles. The van der Waals surface area contributed by atoms with Crippen LogP contribution < -0.4 is 19.7 Å². The van der Waals surface area contributed by atoms with Gasteiger partial charge in [-0.2, -0.15) is 0 Å². The standard InChI is InChI=1S/C20H28N4O5/c1-28-15-6-7-17(29-2)16(13-15)24-12-11-23(20(24)27)14-18(25)21-8-4-10-22-9-3-5-19(22)26/h6-7,13H,3-5,8-12,14H2,1-2H3,(H,21,25). The van der Waals surface area contributed by atoms with Crippen LogP contribution in [0.4, 0.5) is 10.5 Å². The second-order valence-electron chi connectivity index (χ2n) is 7.08. The van der Waals surface area contributed by atoms with Gasteiger partial charge in [0.15, 0.2) is 0 Å². The van der Waals surface area contributed by atoms with Gasteiger partial charge in [0, 0.05) is 45.2 Å². The molecule has 1 aromatic rings. The zero-order valence-electron chi connectivity index (χ0n) is 17.0. The Hall–Kier alpha value is -2.97. The molecule has 2 saturated heterocycles. The Balaban J connectivity index is 1.48. The Morgan fingerprint density at radius 1 is 1.10 bits per heavy atom. The summed E-state index contributed by atoms with van der Waals surface area (Å²) < 4.78 is 10.6. The van der Waals surface area contributed by atoms with Crippen molar-refractivity contribution in [2.75, 3.05) is 58.4 Å². The van der Waals surface area contributed by atoms with Crippen LogP contribution in [0.1, 0.15) is 19.3 Å². The maximum Gasteiger partial charge on any atom is 0.325 e. The van der Waals surface area contributed by atoms with Crippen LogP contribution in [0.15, 0.2) is 18.2 Å². The summed E-state index contributed by atoms with van der Waals surface area (Å²) in [7, 11) is 3.11. The summed E-state index contributed by atoms with van der Waals surface area (Å²) in [5, 5.41) is 2.83. The number of rotatable bonds is 9. The van der Waals surface area contributed by atoms with Gasteiger partial charge in [-0.1, -0.05) is 0 Å². The van der Waals surface area contributed by atoms with Crippen molar-refractivity contribution in [1.82, 2.24) is 15.1 Å². The summed E-state index contributed by atoms with van der Waals surface area (Å²) in [6.07, 6.45) is 2.24. The van der Waals surface area contributed by atoms with Crippen LogP contribution in [0.5, 0.6) is 11.5 Å². The van der Waals surface area contributed by atoms with Crippen molar-refractivity contribution in [3.05, 3.63) is 18.2 Å². The zero-order chi connectivity index (χ0) is 20.8. The summed E-state index contributed by atoms with van der Waals surface area (Å²) in [4.78, 5) is 41.5. The molecular formula is C20H28N4O5. The van der Waals surface area contributed by atoms with Crippen LogP contribution in [0.2, 0.25) is 0 Å². The van der Waals surface area contributed by atoms with Gasteiger partial charge >= 0.3 is 6.03 Å². The van der Waals surface area contributed by atoms with Crippen LogP contribution in [-0.4, -0.2) is 81.1 Å². The van der Waals surface area contributed by atoms with Crippen LogP contribution in [0, 0.1) is 0 Å². The fourth-order valence-corrected chi connectivity index (χ4v) is 3.63. The molecule has 158 valence electrons. The van der Waals surface area contributed by atoms with E-state index in [9.17, 15) is 14.4 Å². The van der Waals surface area contributed by atoms with Crippen LogP contribution >= 0.6 is 0 Å². The predicted octanol–water partition coefficient (Wildman–Crippen LogP) is 1.07. The summed E-state index contributed by atoms with van der Waals surface area (Å²) >= 11 is 0. The van der Waals surface area contributed by atoms with E-state index >= 15 is 0 Å². The van der Waals surface area contributed by atoms with Gasteiger partial charge in [0.25, 0.3) is 0 Å². The van der Waals surface area contributed by atoms with Gasteiger partial charge < -0.3 is 24.6 Å². The topological polar surface area (TPSA) is 91.4 Å². The lowest BCUT2D eigenvalue weighted by molar-refractivity contribution is -0.127. The van der Waals surface area contributed by atoms with Gasteiger partial charge in [-0.25, -0.2) is 4.79 Å². The highest BCUT2D eigenvalue weighted by Crippen LogP contribution is 2.34. The first-order chi connectivity index (χ1) is 14.0. The monoisotopic (exact) mass is 404 g/mol. The molecular weight excluding hydrogens is 376 g/mol. The first kappa shape index (κ1) is 20.8. The quantitative estimate of drug-likeness (QED) is 0.622. The van der Waals surface area contributed by atoms with Crippen LogP contribution in [0.3, 0.4) is 0 Å². The second kappa shape index (κ2) is 9.49. The Kier molecular flexibility index (Phi) is 6.79. The van der Waals surface area contributed by atoms with Crippen molar-refractivity contribution in [2.24, 2.45) is 0 Å². The van der Waals surface area contributed by atoms with Crippen LogP contribution in [0.25, 0.3) is 0 Å². The van der Waals surface area contributed by atoms with E-state index in [2.05, 4.69) is 5.32 Å². The number of carbonyl (C=O) groups is 3. The van der Waals surface area contributed by atoms with Crippen molar-refractivity contribution in [1.29, 1.82) is 0 Å². The number of ether oxygens (including phenoxy) is 2. The minimum atomic E-state index is -0.241. The largest absolute Gasteiger partial charge is 0.497 e. The van der Waals surface area contributed by atoms with Gasteiger partial charge in [-0.05, 0) is 25.0 Å². The second-order valence-corrected chi connectivity index (χ2v) is 7.08. The van der Waals surface area contributed by atoms with E-state index in [4.69, 9.17) is 9.47 Å². The molecule has 0 aromatic heterocycles. The summed E-state index contributed by atoms with van der Waals surface area (Å²) in [5.41, 5.74) is 0.620. The highest BCUT2D eigenvalue weighted by molar-refractivity contribution is 5.97. The third kappa shape index (κ3) is 4.90. The summed E-state index contributed by atoms with van der Waals surface area (Å²) in [5.74, 6) is 1.18. The third-order valence-corrected chi connectivity index (χ3v) is 5.20. The molecule has 29 heavy (non-hydrogen) atoms. The number of methoxy groups -OCH3 is 2. The normalized spacial score (nSPS) is 16.6. The first-order valence-electron chi connectivity index (χ1n) is 9.86. The van der Waals surface area contributed by atoms with Gasteiger partial charge in [-0.3, -0.25) is 14.5 Å². The molecule has 4 amide bonds. The van der Waals surface area contributed by atoms with Crippen molar-refractivity contribution < 1.29 is 23.9 Å². The molecule has 0 unspecified atom stereocenters. The van der Waals surface area contributed by atoms with Crippen molar-refractivity contribution in [3.63, 3.8) is 0 Å². The zero-order valence-corrected chi connectivity index (χ0v) is 17.0. The SMILES string of the molecule is COc1ccc(OC)c(N2CCN(CC(=O)NCCCN3CCCC3=O)C2=O)c1. The fraction of sp³-hybridized carbons (Fsp3) is 0.550. The number of nitrogens with one attached hydrogen (secondary N) is 1. The minimum absolute atomic E-state index is 0.00423. The molecule has 0 spiro atoms. The number of nitrogens with zero attached hydrogens (tertiary/aromatic N) is 3. The predicted molar refractivity (Wildman–Crippen MR) is 107 cm³/mol. The van der Waals surface area contributed by atoms with Crippen LogP contribution in [-0.2, 0) is 9.59 Å². The molecule has 0 saturated carbocycles. The molecule has 0 radical (unpaired) electrons. The summed E-state index contributed by atoms with van der Waals surface area (Å²) in [6, 6.07) is 5.03. The fourth-order valence-electron chi connectivity index (χ4n) is 3.63. The average molecular weight is 404 g/mol. The first-order valence-corrected chi connectivity index (χ1v) is 9.86. The average Bonchev–Trinajstić information content (AvgIpc) is 3.30. The van der Waals surface area contributed by atoms with E-state index in [-0.39, 0.29) is 24.4 Å². The number of hydrogen-bond donors (Lipinski definition) is 1. The van der Waals surface area contributed by atoms with Gasteiger partial charge in [-0.15, -0.1) is 0 Å². The van der Waals surface area contributed by atoms with E-state index in [1.165, 1.54) is 4.90 Å². The number of urea groups is 1. The molecule has 3 rings (SSSR count). The van der Waals surface area contributed by atoms with Crippen molar-refractivity contribution in [3.8, 4) is 11.5 Å². The number of hydrogen-bond acceptors (Lipinski definition) is 5. The molecule has 0 atom stereocenters. The van der Waals surface area contributed by atoms with E-state index in [0.717, 1.165) is 13.0 Å². The molecule has 1 aromatic carbocycles. The molecule has 9 heteroatoms. The molecule has 2 aliphatic rings. The van der Waals surface area contributed by atoms with Gasteiger partial charge in [0.1, 0.15) is 18.0 Å². The van der Waals surface area contributed by atoms with E-state index < -0.39 is 0 Å². The van der Waals surface area contributed by atoms with E-state index in [1.54, 1.807) is 37.3 Å². The molecule has 2 aliphatic heterocycles. The van der Waals surface area contributed by atoms with Gasteiger partial charge in [0.05, 0.1) is 19.9 Å². The Morgan fingerprint density at radius 2 is 1.93 bits per heavy atom. The Labute approximate surface area is 170 Å². The molecule has 9 nitrogen and oxygen atoms in total. The minimum Gasteiger partial charge on any atom is -0.497 e. The lowest BCUT2D eigenvalue weighted by Gasteiger charge is -2.21. The summed E-state index contributed by atoms with van der Waals surface area (Å²) in [6.45, 7) is 2.87. The number of anilines is 1. The smallest absolute Gasteiger partial charge is 0.325 e. The molecule has 2 fully saturated rings. The maximum absolute atomic E-state index is 12.8. The van der Waals surface area contributed by atoms with Crippen molar-refractivity contribution in [2.45, 2.75) is 19.3 Å². The van der Waals surface area contributed by atoms with Gasteiger partial charge in [0.2, 0.25) is 11.8 Å². The lowest BCUT2D eigenvalue weighted by atomic mass is 10.2. The Bertz CT molecular complexity index is 769. The highest BCUT2D eigenvalue weighted by Gasteiger charge is 2.32. The van der Waals surface area contributed by atoms with Crippen molar-refractivity contribution >= 4 is 23.5 Å². The Morgan fingerprint density at radius 3 is 2.62 bits per heavy atom. The van der Waals surface area contributed by atoms with E-state index in [0.29, 0.717) is 56.2 Å². The number of benzene rings is 1. The number of likely N-dealkylation sites (tertiary alicyclic amines) is 1. The number of carbonyl (C=O) groups excluding carboxylic acids is 3. The lowest BCUT2D eigenvalue weighted by Crippen LogP contribution is -2.40. The maximum atomic E-state index is 12.8. The van der Waals surface area contributed by atoms with E-state index in [1.807, 2.05) is 4.90 Å². The molecule has 1 N–H and O–H groups in total. The number of amides is 4. The molecule has 0 aliphatic carbocycles. The highest BCUT2D eigenvalue weighted by atomic mass is 16.5.